The normalized spacial score (nSPS) is 14.6. The predicted molar refractivity (Wildman–Crippen MR) is 105 cm³/mol. The largest absolute Gasteiger partial charge is 0.481 e. The number of halogens is 5. The van der Waals surface area contributed by atoms with E-state index in [4.69, 9.17) is 16.7 Å². The second-order valence-corrected chi connectivity index (χ2v) is 7.50. The molecule has 1 amide bonds. The van der Waals surface area contributed by atoms with E-state index in [1.54, 1.807) is 6.92 Å². The van der Waals surface area contributed by atoms with Crippen LogP contribution in [0.2, 0.25) is 5.02 Å². The van der Waals surface area contributed by atoms with E-state index in [1.807, 2.05) is 0 Å². The SMILES string of the molecule is CC(C(=O)O)C(C)c1ccc(F)c(NC(=O)[C@@H](CC(F)(F)F)c2ccc(Cl)cc2)c1. The molecule has 0 aliphatic carbocycles. The van der Waals surface area contributed by atoms with E-state index in [2.05, 4.69) is 5.32 Å². The summed E-state index contributed by atoms with van der Waals surface area (Å²) >= 11 is 5.76. The van der Waals surface area contributed by atoms with Gasteiger partial charge >= 0.3 is 12.1 Å². The van der Waals surface area contributed by atoms with Gasteiger partial charge in [-0.25, -0.2) is 4.39 Å². The molecule has 2 unspecified atom stereocenters. The third-order valence-corrected chi connectivity index (χ3v) is 5.19. The van der Waals surface area contributed by atoms with Crippen LogP contribution in [0.1, 0.15) is 43.2 Å². The molecule has 4 nitrogen and oxygen atoms in total. The molecule has 0 aliphatic rings. The van der Waals surface area contributed by atoms with Crippen LogP contribution in [-0.2, 0) is 9.59 Å². The average Bonchev–Trinajstić information content (AvgIpc) is 2.66. The summed E-state index contributed by atoms with van der Waals surface area (Å²) < 4.78 is 53.4. The van der Waals surface area contributed by atoms with Crippen LogP contribution in [0.4, 0.5) is 23.2 Å². The second kappa shape index (κ2) is 9.47. The molecule has 0 aromatic heterocycles. The van der Waals surface area contributed by atoms with Crippen molar-refractivity contribution in [1.82, 2.24) is 0 Å². The summed E-state index contributed by atoms with van der Waals surface area (Å²) in [5.74, 6) is -5.84. The first-order chi connectivity index (χ1) is 13.9. The Balaban J connectivity index is 2.33. The molecule has 162 valence electrons. The second-order valence-electron chi connectivity index (χ2n) is 7.07. The van der Waals surface area contributed by atoms with Crippen molar-refractivity contribution in [2.45, 2.75) is 38.3 Å². The van der Waals surface area contributed by atoms with E-state index in [9.17, 15) is 27.2 Å². The molecular weight excluding hydrogens is 426 g/mol. The highest BCUT2D eigenvalue weighted by atomic mass is 35.5. The molecule has 2 rings (SSSR count). The maximum atomic E-state index is 14.2. The van der Waals surface area contributed by atoms with E-state index in [-0.39, 0.29) is 11.3 Å². The van der Waals surface area contributed by atoms with Gasteiger partial charge in [0.1, 0.15) is 5.82 Å². The summed E-state index contributed by atoms with van der Waals surface area (Å²) in [4.78, 5) is 23.8. The number of carboxylic acids is 1. The molecule has 3 atom stereocenters. The molecule has 9 heteroatoms. The first kappa shape index (κ1) is 23.7. The Morgan fingerprint density at radius 3 is 2.17 bits per heavy atom. The van der Waals surface area contributed by atoms with Crippen LogP contribution in [0.25, 0.3) is 0 Å². The first-order valence-electron chi connectivity index (χ1n) is 9.04. The Labute approximate surface area is 175 Å². The number of nitrogens with one attached hydrogen (secondary N) is 1. The number of carbonyl (C=O) groups is 2. The van der Waals surface area contributed by atoms with Crippen LogP contribution in [0, 0.1) is 11.7 Å². The van der Waals surface area contributed by atoms with E-state index in [0.717, 1.165) is 6.07 Å². The molecule has 0 spiro atoms. The third-order valence-electron chi connectivity index (χ3n) is 4.94. The van der Waals surface area contributed by atoms with Crippen LogP contribution in [0.15, 0.2) is 42.5 Å². The number of benzene rings is 2. The quantitative estimate of drug-likeness (QED) is 0.515. The number of anilines is 1. The molecule has 0 bridgehead atoms. The van der Waals surface area contributed by atoms with Gasteiger partial charge in [-0.3, -0.25) is 9.59 Å². The smallest absolute Gasteiger partial charge is 0.390 e. The molecule has 2 aromatic carbocycles. The van der Waals surface area contributed by atoms with Crippen molar-refractivity contribution in [3.05, 3.63) is 64.4 Å². The van der Waals surface area contributed by atoms with Crippen LogP contribution in [0.3, 0.4) is 0 Å². The van der Waals surface area contributed by atoms with Crippen molar-refractivity contribution in [3.63, 3.8) is 0 Å². The Hall–Kier alpha value is -2.61. The number of rotatable bonds is 7. The monoisotopic (exact) mass is 445 g/mol. The van der Waals surface area contributed by atoms with Crippen molar-refractivity contribution >= 4 is 29.2 Å². The summed E-state index contributed by atoms with van der Waals surface area (Å²) in [6.07, 6.45) is -6.07. The van der Waals surface area contributed by atoms with Gasteiger partial charge in [0.05, 0.1) is 23.9 Å². The molecule has 30 heavy (non-hydrogen) atoms. The minimum atomic E-state index is -4.63. The zero-order valence-corrected chi connectivity index (χ0v) is 16.9. The highest BCUT2D eigenvalue weighted by Crippen LogP contribution is 2.34. The molecule has 0 saturated carbocycles. The molecule has 0 fully saturated rings. The number of alkyl halides is 3. The van der Waals surface area contributed by atoms with Crippen molar-refractivity contribution < 1.29 is 32.3 Å². The average molecular weight is 446 g/mol. The summed E-state index contributed by atoms with van der Waals surface area (Å²) in [7, 11) is 0. The van der Waals surface area contributed by atoms with E-state index < -0.39 is 48.0 Å². The zero-order chi connectivity index (χ0) is 22.6. The zero-order valence-electron chi connectivity index (χ0n) is 16.1. The van der Waals surface area contributed by atoms with Crippen molar-refractivity contribution in [1.29, 1.82) is 0 Å². The lowest BCUT2D eigenvalue weighted by Crippen LogP contribution is -2.26. The van der Waals surface area contributed by atoms with Gasteiger partial charge in [-0.05, 0) is 41.3 Å². The standard InChI is InChI=1S/C21H20ClF4NO3/c1-11(12(2)20(29)30)14-5-8-17(23)18(9-14)27-19(28)16(10-21(24,25)26)13-3-6-15(22)7-4-13/h3-9,11-12,16H,10H2,1-2H3,(H,27,28)(H,29,30)/t11?,12?,16-/m0/s1. The highest BCUT2D eigenvalue weighted by molar-refractivity contribution is 6.30. The lowest BCUT2D eigenvalue weighted by Gasteiger charge is -2.21. The topological polar surface area (TPSA) is 66.4 Å². The molecule has 2 aromatic rings. The number of aliphatic carboxylic acids is 1. The summed E-state index contributed by atoms with van der Waals surface area (Å²) in [5, 5.41) is 11.7. The Morgan fingerprint density at radius 1 is 1.07 bits per heavy atom. The summed E-state index contributed by atoms with van der Waals surface area (Å²) in [6, 6.07) is 9.00. The maximum Gasteiger partial charge on any atom is 0.390 e. The van der Waals surface area contributed by atoms with Gasteiger partial charge in [-0.2, -0.15) is 13.2 Å². The number of amides is 1. The van der Waals surface area contributed by atoms with Gasteiger partial charge in [0, 0.05) is 5.02 Å². The van der Waals surface area contributed by atoms with Gasteiger partial charge in [0.25, 0.3) is 0 Å². The highest BCUT2D eigenvalue weighted by Gasteiger charge is 2.36. The first-order valence-corrected chi connectivity index (χ1v) is 9.42. The van der Waals surface area contributed by atoms with Gasteiger partial charge in [-0.1, -0.05) is 43.6 Å². The van der Waals surface area contributed by atoms with Crippen LogP contribution in [-0.4, -0.2) is 23.2 Å². The lowest BCUT2D eigenvalue weighted by molar-refractivity contribution is -0.146. The van der Waals surface area contributed by atoms with Gasteiger partial charge < -0.3 is 10.4 Å². The maximum absolute atomic E-state index is 14.2. The fourth-order valence-electron chi connectivity index (χ4n) is 2.93. The molecule has 0 heterocycles. The molecule has 0 aliphatic heterocycles. The fourth-order valence-corrected chi connectivity index (χ4v) is 3.06. The molecule has 2 N–H and O–H groups in total. The molecule has 0 saturated heterocycles. The van der Waals surface area contributed by atoms with Crippen LogP contribution >= 0.6 is 11.6 Å². The van der Waals surface area contributed by atoms with Crippen LogP contribution in [0.5, 0.6) is 0 Å². The molecule has 0 radical (unpaired) electrons. The number of carbonyl (C=O) groups excluding carboxylic acids is 1. The van der Waals surface area contributed by atoms with E-state index in [1.165, 1.54) is 43.3 Å². The fraction of sp³-hybridized carbons (Fsp3) is 0.333. The number of carboxylic acid groups (broad SMARTS) is 1. The third kappa shape index (κ3) is 6.19. The van der Waals surface area contributed by atoms with Gasteiger partial charge in [-0.15, -0.1) is 0 Å². The van der Waals surface area contributed by atoms with Gasteiger partial charge in [0.15, 0.2) is 0 Å². The molecular formula is C21H20ClF4NO3. The van der Waals surface area contributed by atoms with E-state index >= 15 is 0 Å². The Morgan fingerprint density at radius 2 is 1.63 bits per heavy atom. The van der Waals surface area contributed by atoms with Crippen molar-refractivity contribution in [2.75, 3.05) is 5.32 Å². The predicted octanol–water partition coefficient (Wildman–Crippen LogP) is 5.98. The summed E-state index contributed by atoms with van der Waals surface area (Å²) in [5.41, 5.74) is 0.196. The summed E-state index contributed by atoms with van der Waals surface area (Å²) in [6.45, 7) is 3.10. The van der Waals surface area contributed by atoms with Crippen molar-refractivity contribution in [3.8, 4) is 0 Å². The minimum absolute atomic E-state index is 0.0821. The lowest BCUT2D eigenvalue weighted by atomic mass is 9.88. The Kier molecular flexibility index (Phi) is 7.47. The minimum Gasteiger partial charge on any atom is -0.481 e. The number of hydrogen-bond donors (Lipinski definition) is 2. The number of hydrogen-bond acceptors (Lipinski definition) is 2. The Bertz CT molecular complexity index is 915. The van der Waals surface area contributed by atoms with E-state index in [0.29, 0.717) is 10.6 Å². The van der Waals surface area contributed by atoms with Crippen molar-refractivity contribution in [2.24, 2.45) is 5.92 Å². The van der Waals surface area contributed by atoms with Crippen LogP contribution < -0.4 is 5.32 Å². The van der Waals surface area contributed by atoms with Gasteiger partial charge in [0.2, 0.25) is 5.91 Å².